The number of unbranched alkanes of at least 4 members (excludes halogenated alkanes) is 1. The summed E-state index contributed by atoms with van der Waals surface area (Å²) in [4.78, 5) is 6.78. The van der Waals surface area contributed by atoms with E-state index in [-0.39, 0.29) is 12.4 Å². The lowest BCUT2D eigenvalue weighted by molar-refractivity contribution is 0.218. The molecule has 1 aromatic rings. The number of ether oxygens (including phenoxy) is 1. The largest absolute Gasteiger partial charge is 0.476 e. The van der Waals surface area contributed by atoms with Crippen LogP contribution in [0.25, 0.3) is 0 Å². The van der Waals surface area contributed by atoms with Crippen LogP contribution in [0.4, 0.5) is 5.82 Å². The normalized spacial score (nSPS) is 10.2. The van der Waals surface area contributed by atoms with E-state index in [1.165, 1.54) is 6.42 Å². The minimum absolute atomic E-state index is 0. The summed E-state index contributed by atoms with van der Waals surface area (Å²) in [5, 5.41) is 3.31. The van der Waals surface area contributed by atoms with E-state index in [2.05, 4.69) is 36.0 Å². The first-order chi connectivity index (χ1) is 9.30. The molecule has 116 valence electrons. The average Bonchev–Trinajstić information content (AvgIpc) is 2.44. The number of hydrogen-bond donors (Lipinski definition) is 1. The van der Waals surface area contributed by atoms with Crippen molar-refractivity contribution in [2.45, 2.75) is 33.6 Å². The molecule has 0 aromatic carbocycles. The van der Waals surface area contributed by atoms with Gasteiger partial charge in [-0.3, -0.25) is 0 Å². The molecule has 0 amide bonds. The minimum atomic E-state index is 0. The van der Waals surface area contributed by atoms with Crippen molar-refractivity contribution in [3.63, 3.8) is 0 Å². The van der Waals surface area contributed by atoms with Gasteiger partial charge in [0, 0.05) is 19.2 Å². The summed E-state index contributed by atoms with van der Waals surface area (Å²) in [6.07, 6.45) is 2.35. The molecule has 0 saturated carbocycles. The van der Waals surface area contributed by atoms with E-state index in [1.807, 2.05) is 18.2 Å². The Hall–Kier alpha value is -1.00. The van der Waals surface area contributed by atoms with E-state index in [4.69, 9.17) is 4.74 Å². The number of halogens is 1. The second kappa shape index (κ2) is 11.8. The first-order valence-corrected chi connectivity index (χ1v) is 7.36. The van der Waals surface area contributed by atoms with Crippen LogP contribution in [0.1, 0.15) is 33.6 Å². The molecule has 1 heterocycles. The van der Waals surface area contributed by atoms with Gasteiger partial charge < -0.3 is 15.0 Å². The van der Waals surface area contributed by atoms with Crippen LogP contribution in [0.15, 0.2) is 18.2 Å². The predicted molar refractivity (Wildman–Crippen MR) is 88.2 cm³/mol. The molecule has 0 aliphatic carbocycles. The number of nitrogens with zero attached hydrogens (tertiary/aromatic N) is 2. The fourth-order valence-electron chi connectivity index (χ4n) is 1.81. The van der Waals surface area contributed by atoms with Crippen molar-refractivity contribution in [1.29, 1.82) is 0 Å². The maximum atomic E-state index is 5.69. The van der Waals surface area contributed by atoms with Crippen molar-refractivity contribution in [3.8, 4) is 5.88 Å². The highest BCUT2D eigenvalue weighted by Crippen LogP contribution is 2.11. The molecule has 0 unspecified atom stereocenters. The zero-order valence-corrected chi connectivity index (χ0v) is 13.7. The Kier molecular flexibility index (Phi) is 11.2. The topological polar surface area (TPSA) is 37.4 Å². The smallest absolute Gasteiger partial charge is 0.215 e. The lowest BCUT2D eigenvalue weighted by Crippen LogP contribution is -2.28. The molecule has 1 aromatic heterocycles. The van der Waals surface area contributed by atoms with Gasteiger partial charge in [-0.1, -0.05) is 33.3 Å². The first kappa shape index (κ1) is 19.0. The van der Waals surface area contributed by atoms with E-state index >= 15 is 0 Å². The summed E-state index contributed by atoms with van der Waals surface area (Å²) in [7, 11) is 0. The maximum absolute atomic E-state index is 5.69. The molecule has 0 spiro atoms. The monoisotopic (exact) mass is 301 g/mol. The summed E-state index contributed by atoms with van der Waals surface area (Å²) in [6, 6.07) is 5.87. The van der Waals surface area contributed by atoms with Crippen LogP contribution < -0.4 is 10.1 Å². The first-order valence-electron chi connectivity index (χ1n) is 7.36. The van der Waals surface area contributed by atoms with Crippen LogP contribution in [0.3, 0.4) is 0 Å². The molecule has 0 fully saturated rings. The zero-order chi connectivity index (χ0) is 13.9. The van der Waals surface area contributed by atoms with Gasteiger partial charge in [0.05, 0.1) is 0 Å². The van der Waals surface area contributed by atoms with Crippen molar-refractivity contribution in [2.75, 3.05) is 38.1 Å². The van der Waals surface area contributed by atoms with Crippen LogP contribution in [0.5, 0.6) is 5.88 Å². The Morgan fingerprint density at radius 1 is 1.20 bits per heavy atom. The third-order valence-electron chi connectivity index (χ3n) is 3.11. The van der Waals surface area contributed by atoms with E-state index < -0.39 is 0 Å². The molecule has 1 N–H and O–H groups in total. The predicted octanol–water partition coefficient (Wildman–Crippen LogP) is 3.44. The Morgan fingerprint density at radius 2 is 1.95 bits per heavy atom. The van der Waals surface area contributed by atoms with Crippen molar-refractivity contribution in [1.82, 2.24) is 9.88 Å². The van der Waals surface area contributed by atoms with Gasteiger partial charge in [-0.05, 0) is 25.6 Å². The summed E-state index contributed by atoms with van der Waals surface area (Å²) < 4.78 is 5.69. The molecule has 0 aliphatic heterocycles. The number of nitrogens with one attached hydrogen (secondary N) is 1. The highest BCUT2D eigenvalue weighted by molar-refractivity contribution is 5.85. The van der Waals surface area contributed by atoms with Gasteiger partial charge in [0.25, 0.3) is 0 Å². The third-order valence-corrected chi connectivity index (χ3v) is 3.11. The Labute approximate surface area is 129 Å². The van der Waals surface area contributed by atoms with Gasteiger partial charge in [-0.15, -0.1) is 12.4 Å². The number of pyridine rings is 1. The highest BCUT2D eigenvalue weighted by Gasteiger charge is 2.01. The SMILES string of the molecule is CCCCNc1cccc(OCCN(CC)CC)n1.Cl. The van der Waals surface area contributed by atoms with E-state index in [1.54, 1.807) is 0 Å². The lowest BCUT2D eigenvalue weighted by Gasteiger charge is -2.17. The molecule has 1 rings (SSSR count). The van der Waals surface area contributed by atoms with E-state index in [9.17, 15) is 0 Å². The third kappa shape index (κ3) is 7.56. The molecular weight excluding hydrogens is 274 g/mol. The fraction of sp³-hybridized carbons (Fsp3) is 0.667. The molecule has 0 atom stereocenters. The van der Waals surface area contributed by atoms with Crippen LogP contribution in [-0.4, -0.2) is 42.7 Å². The number of hydrogen-bond acceptors (Lipinski definition) is 4. The van der Waals surface area contributed by atoms with Crippen molar-refractivity contribution in [2.24, 2.45) is 0 Å². The van der Waals surface area contributed by atoms with E-state index in [0.717, 1.165) is 38.4 Å². The van der Waals surface area contributed by atoms with Gasteiger partial charge in [0.2, 0.25) is 5.88 Å². The van der Waals surface area contributed by atoms with Gasteiger partial charge in [0.1, 0.15) is 12.4 Å². The van der Waals surface area contributed by atoms with Crippen LogP contribution in [0, 0.1) is 0 Å². The second-order valence-corrected chi connectivity index (χ2v) is 4.52. The highest BCUT2D eigenvalue weighted by atomic mass is 35.5. The summed E-state index contributed by atoms with van der Waals surface area (Å²) in [5.41, 5.74) is 0. The van der Waals surface area contributed by atoms with E-state index in [0.29, 0.717) is 12.5 Å². The lowest BCUT2D eigenvalue weighted by atomic mass is 10.3. The van der Waals surface area contributed by atoms with Gasteiger partial charge in [0.15, 0.2) is 0 Å². The molecule has 4 nitrogen and oxygen atoms in total. The Bertz CT molecular complexity index is 346. The fourth-order valence-corrected chi connectivity index (χ4v) is 1.81. The van der Waals surface area contributed by atoms with Crippen molar-refractivity contribution < 1.29 is 4.74 Å². The number of aromatic nitrogens is 1. The molecular formula is C15H28ClN3O. The molecule has 0 radical (unpaired) electrons. The number of likely N-dealkylation sites (N-methyl/N-ethyl adjacent to an activating group) is 1. The standard InChI is InChI=1S/C15H27N3O.ClH/c1-4-7-11-16-14-9-8-10-15(17-14)19-13-12-18(5-2)6-3;/h8-10H,4-7,11-13H2,1-3H3,(H,16,17);1H. The van der Waals surface area contributed by atoms with Crippen molar-refractivity contribution >= 4 is 18.2 Å². The second-order valence-electron chi connectivity index (χ2n) is 4.52. The maximum Gasteiger partial charge on any atom is 0.215 e. The zero-order valence-electron chi connectivity index (χ0n) is 12.9. The molecule has 0 bridgehead atoms. The molecule has 0 aliphatic rings. The average molecular weight is 302 g/mol. The van der Waals surface area contributed by atoms with Gasteiger partial charge in [-0.2, -0.15) is 4.98 Å². The van der Waals surface area contributed by atoms with Crippen molar-refractivity contribution in [3.05, 3.63) is 18.2 Å². The van der Waals surface area contributed by atoms with Gasteiger partial charge >= 0.3 is 0 Å². The quantitative estimate of drug-likeness (QED) is 0.672. The molecule has 0 saturated heterocycles. The minimum Gasteiger partial charge on any atom is -0.476 e. The Morgan fingerprint density at radius 3 is 2.60 bits per heavy atom. The van der Waals surface area contributed by atoms with Crippen LogP contribution >= 0.6 is 12.4 Å². The summed E-state index contributed by atoms with van der Waals surface area (Å²) in [6.45, 7) is 11.2. The molecule has 5 heteroatoms. The summed E-state index contributed by atoms with van der Waals surface area (Å²) in [5.74, 6) is 1.60. The molecule has 20 heavy (non-hydrogen) atoms. The van der Waals surface area contributed by atoms with Crippen LogP contribution in [0.2, 0.25) is 0 Å². The Balaban J connectivity index is 0.00000361. The number of rotatable bonds is 10. The van der Waals surface area contributed by atoms with Gasteiger partial charge in [-0.25, -0.2) is 0 Å². The summed E-state index contributed by atoms with van der Waals surface area (Å²) >= 11 is 0. The number of anilines is 1. The van der Waals surface area contributed by atoms with Crippen LogP contribution in [-0.2, 0) is 0 Å².